The van der Waals surface area contributed by atoms with E-state index in [1.165, 1.54) is 0 Å². The number of hydrogen-bond donors (Lipinski definition) is 3. The molecule has 0 aromatic rings. The largest absolute Gasteiger partial charge is 0.469 e. The second kappa shape index (κ2) is 20.4. The van der Waals surface area contributed by atoms with Crippen LogP contribution in [0.4, 0.5) is 35.9 Å². The molecule has 13 nitrogen and oxygen atoms in total. The molecule has 7 rings (SSSR count). The highest BCUT2D eigenvalue weighted by Gasteiger charge is 2.78. The Morgan fingerprint density at radius 3 is 1.08 bits per heavy atom. The van der Waals surface area contributed by atoms with Gasteiger partial charge in [-0.2, -0.15) is 26.3 Å². The molecule has 4 N–H and O–H groups in total. The summed E-state index contributed by atoms with van der Waals surface area (Å²) >= 11 is 0. The van der Waals surface area contributed by atoms with Crippen LogP contribution in [-0.4, -0.2) is 96.7 Å². The lowest BCUT2D eigenvalue weighted by Crippen LogP contribution is -2.62. The van der Waals surface area contributed by atoms with E-state index in [4.69, 9.17) is 14.6 Å². The van der Waals surface area contributed by atoms with E-state index in [2.05, 4.69) is 45.3 Å². The number of alkyl halides is 6. The molecule has 420 valence electrons. The van der Waals surface area contributed by atoms with E-state index < -0.39 is 165 Å². The number of nitrogens with zero attached hydrogens (tertiary/aromatic N) is 2. The first-order chi connectivity index (χ1) is 34.0. The van der Waals surface area contributed by atoms with Crippen molar-refractivity contribution >= 4 is 44.4 Å². The van der Waals surface area contributed by atoms with E-state index in [9.17, 15) is 28.8 Å². The van der Waals surface area contributed by atoms with Gasteiger partial charge in [0.15, 0.2) is 5.41 Å². The number of halogens is 6. The van der Waals surface area contributed by atoms with Crippen LogP contribution in [0, 0.1) is 118 Å². The Labute approximate surface area is 435 Å². The minimum absolute atomic E-state index is 0.109. The van der Waals surface area contributed by atoms with Gasteiger partial charge in [-0.25, -0.2) is 9.59 Å². The van der Waals surface area contributed by atoms with Crippen molar-refractivity contribution in [3.05, 3.63) is 0 Å². The Bertz CT molecular complexity index is 2120. The first kappa shape index (κ1) is 58.3. The van der Waals surface area contributed by atoms with Crippen LogP contribution >= 0.6 is 0 Å². The molecule has 7 fully saturated rings. The topological polar surface area (TPSA) is 177 Å². The molecule has 74 heavy (non-hydrogen) atoms. The Morgan fingerprint density at radius 2 is 0.757 bits per heavy atom. The summed E-state index contributed by atoms with van der Waals surface area (Å²) in [5, 5.41) is 5.98. The summed E-state index contributed by atoms with van der Waals surface area (Å²) in [6, 6.07) is -2.32. The van der Waals surface area contributed by atoms with Crippen molar-refractivity contribution in [1.29, 1.82) is 0 Å². The van der Waals surface area contributed by atoms with Crippen molar-refractivity contribution in [3.63, 3.8) is 0 Å². The van der Waals surface area contributed by atoms with Crippen LogP contribution in [0.15, 0.2) is 0 Å². The number of imide groups is 2. The molecule has 2 aliphatic heterocycles. The Hall–Kier alpha value is -3.42. The molecule has 0 aromatic heterocycles. The third-order valence-electron chi connectivity index (χ3n) is 22.3. The first-order valence-electron chi connectivity index (χ1n) is 27.7. The molecule has 5 aliphatic carbocycles. The molecular weight excluding hydrogens is 989 g/mol. The number of likely N-dealkylation sites (tertiary alicyclic amines) is 2. The second-order valence-electron chi connectivity index (χ2n) is 25.6. The van der Waals surface area contributed by atoms with Crippen molar-refractivity contribution in [2.24, 2.45) is 124 Å². The maximum atomic E-state index is 15.9. The maximum absolute atomic E-state index is 15.9. The van der Waals surface area contributed by atoms with Gasteiger partial charge in [0.2, 0.25) is 23.6 Å². The van der Waals surface area contributed by atoms with E-state index in [0.717, 1.165) is 9.80 Å². The van der Waals surface area contributed by atoms with E-state index in [0.29, 0.717) is 17.8 Å². The fourth-order valence-corrected chi connectivity index (χ4v) is 17.6. The molecule has 0 aromatic carbocycles. The van der Waals surface area contributed by atoms with Gasteiger partial charge >= 0.3 is 33.1 Å². The van der Waals surface area contributed by atoms with Crippen LogP contribution in [0.1, 0.15) is 129 Å². The lowest BCUT2D eigenvalue weighted by molar-refractivity contribution is -0.383. The van der Waals surface area contributed by atoms with Gasteiger partial charge in [0, 0.05) is 43.3 Å². The van der Waals surface area contributed by atoms with Crippen molar-refractivity contribution in [3.8, 4) is 0 Å². The molecule has 0 spiro atoms. The predicted octanol–water partition coefficient (Wildman–Crippen LogP) is 10.2. The second-order valence-corrected chi connectivity index (χ2v) is 28.9. The van der Waals surface area contributed by atoms with Gasteiger partial charge < -0.3 is 25.2 Å². The van der Waals surface area contributed by atoms with Crippen LogP contribution in [0.25, 0.3) is 0 Å². The molecule has 0 bridgehead atoms. The van der Waals surface area contributed by atoms with Crippen molar-refractivity contribution in [2.75, 3.05) is 0 Å². The zero-order valence-corrected chi connectivity index (χ0v) is 47.1. The lowest BCUT2D eigenvalue weighted by Gasteiger charge is -2.52. The summed E-state index contributed by atoms with van der Waals surface area (Å²) in [6.07, 6.45) is -16.7. The number of carbonyl (C=O) groups is 6. The third-order valence-corrected chi connectivity index (χ3v) is 23.6. The normalized spacial score (nSPS) is 44.5. The SMILES string of the molecule is CC1C(C)C(C)C(NC(=O)O[Si](C)(C)OC(=O)NC2C(C)C(C)C(N3C(=O)C4CCC(C(C5CCC6C(=O)N(C7C(C)C(C)C(N)C(C)C7C)C(=O)C6C5)(C(F)(F)F)C(F)(F)F)CC4C3=O)C(C)C2C)C(C)C1C. The van der Waals surface area contributed by atoms with Crippen LogP contribution in [0.2, 0.25) is 13.1 Å². The first-order valence-corrected chi connectivity index (χ1v) is 30.5. The number of nitrogens with one attached hydrogen (secondary N) is 2. The number of nitrogens with two attached hydrogens (primary N) is 1. The van der Waals surface area contributed by atoms with Gasteiger partial charge in [-0.3, -0.25) is 29.0 Å². The molecule has 0 radical (unpaired) electrons. The average molecular weight is 1070 g/mol. The summed E-state index contributed by atoms with van der Waals surface area (Å²) in [5.74, 6) is -12.8. The van der Waals surface area contributed by atoms with Crippen LogP contribution in [0.5, 0.6) is 0 Å². The van der Waals surface area contributed by atoms with Crippen molar-refractivity contribution < 1.29 is 64.0 Å². The summed E-state index contributed by atoms with van der Waals surface area (Å²) in [5.41, 5.74) is 2.17. The fraction of sp³-hybridized carbons (Fsp3) is 0.889. The van der Waals surface area contributed by atoms with E-state index in [1.807, 2.05) is 41.5 Å². The van der Waals surface area contributed by atoms with Crippen molar-refractivity contribution in [1.82, 2.24) is 20.4 Å². The third kappa shape index (κ3) is 9.39. The highest BCUT2D eigenvalue weighted by molar-refractivity contribution is 6.67. The predicted molar refractivity (Wildman–Crippen MR) is 266 cm³/mol. The molecular formula is C54H85F6N5O8Si. The standard InChI is InChI=1S/C54H85F6N5O8Si/c1-22-23(2)27(6)42(28(7)24(22)3)62-50(70)72-74(14,15)73-51(71)63-43-29(8)33(12)45(34(13)30(43)9)65-47(67)38-19-17-36(21-40(38)49(65)69)52(53(55,56)57,54(58,59)60)35-16-18-37-39(20-35)48(68)64(46(37)66)44-31(10)25(4)41(61)26(5)32(44)11/h22-45H,16-21,61H2,1-15H3,(H,62,70)(H,63,71). The van der Waals surface area contributed by atoms with Gasteiger partial charge in [-0.05, 0) is 127 Å². The quantitative estimate of drug-likeness (QED) is 0.121. The summed E-state index contributed by atoms with van der Waals surface area (Å²) in [6.45, 7) is 28.8. The monoisotopic (exact) mass is 1070 g/mol. The Kier molecular flexibility index (Phi) is 16.1. The Balaban J connectivity index is 1.05. The van der Waals surface area contributed by atoms with Crippen LogP contribution in [-0.2, 0) is 28.0 Å². The molecule has 5 saturated carbocycles. The van der Waals surface area contributed by atoms with E-state index >= 15 is 26.3 Å². The highest BCUT2D eigenvalue weighted by atomic mass is 28.4. The van der Waals surface area contributed by atoms with Crippen LogP contribution in [0.3, 0.4) is 0 Å². The lowest BCUT2D eigenvalue weighted by atomic mass is 9.54. The fourth-order valence-electron chi connectivity index (χ4n) is 16.6. The summed E-state index contributed by atoms with van der Waals surface area (Å²) in [7, 11) is -3.42. The average Bonchev–Trinajstić information content (AvgIpc) is 3.70. The summed E-state index contributed by atoms with van der Waals surface area (Å²) < 4.78 is 107. The molecule has 20 heteroatoms. The van der Waals surface area contributed by atoms with Gasteiger partial charge in [-0.15, -0.1) is 0 Å². The van der Waals surface area contributed by atoms with Gasteiger partial charge in [0.05, 0.1) is 23.7 Å². The van der Waals surface area contributed by atoms with Gasteiger partial charge in [0.1, 0.15) is 0 Å². The number of hydrogen-bond acceptors (Lipinski definition) is 9. The number of rotatable bonds is 8. The zero-order chi connectivity index (χ0) is 55.5. The number of amides is 6. The highest BCUT2D eigenvalue weighted by Crippen LogP contribution is 2.67. The molecule has 2 saturated heterocycles. The van der Waals surface area contributed by atoms with Gasteiger partial charge in [-0.1, -0.05) is 90.0 Å². The minimum Gasteiger partial charge on any atom is -0.469 e. The molecule has 18 unspecified atom stereocenters. The molecule has 18 atom stereocenters. The van der Waals surface area contributed by atoms with E-state index in [1.54, 1.807) is 26.9 Å². The Morgan fingerprint density at radius 1 is 0.473 bits per heavy atom. The smallest absolute Gasteiger partial charge is 0.460 e. The molecule has 6 amide bonds. The maximum Gasteiger partial charge on any atom is 0.460 e. The number of carbonyl (C=O) groups excluding carboxylic acids is 6. The molecule has 7 aliphatic rings. The summed E-state index contributed by atoms with van der Waals surface area (Å²) in [4.78, 5) is 86.6. The van der Waals surface area contributed by atoms with E-state index in [-0.39, 0.29) is 60.4 Å². The van der Waals surface area contributed by atoms with Crippen molar-refractivity contribution in [2.45, 2.75) is 184 Å². The van der Waals surface area contributed by atoms with Gasteiger partial charge in [0.25, 0.3) is 0 Å². The zero-order valence-electron chi connectivity index (χ0n) is 46.1. The minimum atomic E-state index is -5.86. The van der Waals surface area contributed by atoms with Crippen LogP contribution < -0.4 is 16.4 Å². The molecule has 2 heterocycles. The number of fused-ring (bicyclic) bond motifs is 2.